The van der Waals surface area contributed by atoms with Crippen LogP contribution in [0.1, 0.15) is 104 Å². The van der Waals surface area contributed by atoms with Gasteiger partial charge >= 0.3 is 12.2 Å². The zero-order valence-corrected chi connectivity index (χ0v) is 32.0. The van der Waals surface area contributed by atoms with Crippen LogP contribution in [-0.4, -0.2) is 66.2 Å². The van der Waals surface area contributed by atoms with Gasteiger partial charge < -0.3 is 24.2 Å². The van der Waals surface area contributed by atoms with Crippen molar-refractivity contribution in [2.75, 3.05) is 13.1 Å². The lowest BCUT2D eigenvalue weighted by molar-refractivity contribution is 0.0204. The van der Waals surface area contributed by atoms with Gasteiger partial charge in [-0.3, -0.25) is 9.80 Å². The van der Waals surface area contributed by atoms with Gasteiger partial charge in [0.15, 0.2) is 0 Å². The Balaban J connectivity index is 1.07. The van der Waals surface area contributed by atoms with Gasteiger partial charge in [0.25, 0.3) is 0 Å². The second kappa shape index (κ2) is 12.8. The Morgan fingerprint density at radius 2 is 1.58 bits per heavy atom. The molecule has 0 saturated carbocycles. The third kappa shape index (κ3) is 6.70. The minimum atomic E-state index is -0.570. The van der Waals surface area contributed by atoms with Crippen molar-refractivity contribution < 1.29 is 23.8 Å². The van der Waals surface area contributed by atoms with Crippen LogP contribution in [0.2, 0.25) is 0 Å². The lowest BCUT2D eigenvalue weighted by Crippen LogP contribution is -2.37. The van der Waals surface area contributed by atoms with Crippen molar-refractivity contribution in [1.29, 1.82) is 0 Å². The summed E-state index contributed by atoms with van der Waals surface area (Å²) in [5, 5.41) is 2.07. The second-order valence-corrected chi connectivity index (χ2v) is 17.1. The van der Waals surface area contributed by atoms with E-state index >= 15 is 0 Å². The first-order valence-corrected chi connectivity index (χ1v) is 18.9. The maximum absolute atomic E-state index is 13.3. The number of H-pyrrole nitrogens is 2. The fraction of sp³-hybridized carbons (Fsp3) is 0.476. The average molecular weight is 719 g/mol. The fourth-order valence-corrected chi connectivity index (χ4v) is 8.11. The molecule has 11 heteroatoms. The normalized spacial score (nSPS) is 21.5. The molecule has 0 aliphatic carbocycles. The summed E-state index contributed by atoms with van der Waals surface area (Å²) in [5.41, 5.74) is 5.82. The number of rotatable bonds is 4. The quantitative estimate of drug-likeness (QED) is 0.190. The van der Waals surface area contributed by atoms with Gasteiger partial charge in [-0.1, -0.05) is 38.5 Å². The topological polar surface area (TPSA) is 126 Å². The number of carbonyl (C=O) groups is 2. The number of aromatic nitrogens is 4. The van der Waals surface area contributed by atoms with Crippen molar-refractivity contribution in [2.24, 2.45) is 11.8 Å². The predicted octanol–water partition coefficient (Wildman–Crippen LogP) is 9.69. The molecule has 0 unspecified atom stereocenters. The molecule has 3 aliphatic rings. The maximum atomic E-state index is 13.3. The molecule has 0 radical (unpaired) electrons. The molecule has 5 heterocycles. The zero-order chi connectivity index (χ0) is 37.4. The number of aromatic amines is 2. The zero-order valence-electron chi connectivity index (χ0n) is 32.0. The third-order valence-electron chi connectivity index (χ3n) is 10.6. The number of hydrogen-bond acceptors (Lipinski definition) is 7. The summed E-state index contributed by atoms with van der Waals surface area (Å²) in [6.07, 6.45) is 3.90. The van der Waals surface area contributed by atoms with E-state index in [1.807, 2.05) is 52.6 Å². The summed E-state index contributed by atoms with van der Waals surface area (Å²) in [7, 11) is 0. The van der Waals surface area contributed by atoms with Gasteiger partial charge in [0, 0.05) is 24.0 Å². The molecule has 0 bridgehead atoms. The molecule has 2 amide bonds. The summed E-state index contributed by atoms with van der Waals surface area (Å²) >= 11 is 0. The number of nitrogens with zero attached hydrogens (tertiary/aromatic N) is 4. The monoisotopic (exact) mass is 718 g/mol. The van der Waals surface area contributed by atoms with E-state index in [2.05, 4.69) is 66.3 Å². The Hall–Kier alpha value is -5.06. The number of amides is 2. The Morgan fingerprint density at radius 1 is 0.868 bits per heavy atom. The smallest absolute Gasteiger partial charge is 0.410 e. The molecule has 2 aromatic heterocycles. The number of likely N-dealkylation sites (tertiary alicyclic amines) is 2. The molecule has 3 aliphatic heterocycles. The molecule has 0 spiro atoms. The molecule has 2 saturated heterocycles. The van der Waals surface area contributed by atoms with Crippen LogP contribution in [0.25, 0.3) is 44.2 Å². The predicted molar refractivity (Wildman–Crippen MR) is 204 cm³/mol. The minimum absolute atomic E-state index is 0.165. The van der Waals surface area contributed by atoms with E-state index in [1.165, 1.54) is 0 Å². The summed E-state index contributed by atoms with van der Waals surface area (Å²) in [5.74, 6) is 3.11. The molecule has 5 aromatic rings. The first kappa shape index (κ1) is 35.0. The number of fused-ring (bicyclic) bond motifs is 6. The molecule has 53 heavy (non-hydrogen) atoms. The van der Waals surface area contributed by atoms with E-state index in [1.54, 1.807) is 4.90 Å². The van der Waals surface area contributed by atoms with Gasteiger partial charge in [-0.2, -0.15) is 0 Å². The first-order chi connectivity index (χ1) is 25.1. The molecular weight excluding hydrogens is 668 g/mol. The highest BCUT2D eigenvalue weighted by molar-refractivity contribution is 6.07. The molecule has 2 fully saturated rings. The molecular formula is C42H50N6O5. The van der Waals surface area contributed by atoms with Crippen LogP contribution in [-0.2, 0) is 16.1 Å². The van der Waals surface area contributed by atoms with Gasteiger partial charge in [-0.05, 0) is 113 Å². The summed E-state index contributed by atoms with van der Waals surface area (Å²) < 4.78 is 17.9. The average Bonchev–Trinajstić information content (AvgIpc) is 3.90. The van der Waals surface area contributed by atoms with Crippen LogP contribution >= 0.6 is 0 Å². The highest BCUT2D eigenvalue weighted by atomic mass is 16.6. The SMILES string of the molecule is CC[C@H]1C[C@@H](c2nc3c(ccc4cc5c(cc43)OCc3cc(-c4cnc([C@@H]6C[C@H](C)CN6C(=O)OC(C)(C)C)[nH]4)ccc3-5)[nH]2)N(C(=O)OC(C)(C)C)C1. The maximum Gasteiger partial charge on any atom is 0.410 e. The standard InChI is InChI=1S/C42H50N6O5/c1-9-24-15-34(48(21-24)40(50)53-42(6,7)8)38-44-31-13-11-25-17-30-28-12-10-26(16-27(28)22-51-35(30)18-29(25)36(31)46-38)32-19-43-37(45-32)33-14-23(2)20-47(33)39(49)52-41(3,4)5/h10-13,16-19,23-24,33-34H,9,14-15,20-22H2,1-8H3,(H,43,45)(H,44,46)/t23-,24-,33-,34-/m0/s1. The summed E-state index contributed by atoms with van der Waals surface area (Å²) in [6, 6.07) is 14.6. The largest absolute Gasteiger partial charge is 0.488 e. The number of nitrogens with one attached hydrogen (secondary N) is 2. The van der Waals surface area contributed by atoms with E-state index in [0.29, 0.717) is 31.5 Å². The Morgan fingerprint density at radius 3 is 2.30 bits per heavy atom. The van der Waals surface area contributed by atoms with Gasteiger partial charge in [-0.15, -0.1) is 0 Å². The van der Waals surface area contributed by atoms with Crippen LogP contribution < -0.4 is 4.74 Å². The van der Waals surface area contributed by atoms with E-state index in [0.717, 1.165) is 86.4 Å². The van der Waals surface area contributed by atoms with Gasteiger partial charge in [-0.25, -0.2) is 19.6 Å². The van der Waals surface area contributed by atoms with Crippen molar-refractivity contribution in [1.82, 2.24) is 29.7 Å². The number of carbonyl (C=O) groups excluding carboxylic acids is 2. The van der Waals surface area contributed by atoms with Crippen LogP contribution in [0, 0.1) is 11.8 Å². The van der Waals surface area contributed by atoms with E-state index in [-0.39, 0.29) is 24.3 Å². The lowest BCUT2D eigenvalue weighted by Gasteiger charge is -2.27. The summed E-state index contributed by atoms with van der Waals surface area (Å²) in [4.78, 5) is 46.9. The van der Waals surface area contributed by atoms with E-state index in [4.69, 9.17) is 24.2 Å². The Bertz CT molecular complexity index is 2220. The number of benzene rings is 3. The molecule has 3 aromatic carbocycles. The van der Waals surface area contributed by atoms with Crippen LogP contribution in [0.15, 0.2) is 48.7 Å². The molecule has 11 nitrogen and oxygen atoms in total. The van der Waals surface area contributed by atoms with Crippen LogP contribution in [0.3, 0.4) is 0 Å². The number of ether oxygens (including phenoxy) is 3. The fourth-order valence-electron chi connectivity index (χ4n) is 8.11. The Kier molecular flexibility index (Phi) is 8.46. The van der Waals surface area contributed by atoms with Gasteiger partial charge in [0.05, 0.1) is 35.0 Å². The third-order valence-corrected chi connectivity index (χ3v) is 10.6. The Labute approximate surface area is 310 Å². The van der Waals surface area contributed by atoms with Crippen molar-refractivity contribution in [2.45, 2.75) is 105 Å². The van der Waals surface area contributed by atoms with Crippen LogP contribution in [0.5, 0.6) is 5.75 Å². The van der Waals surface area contributed by atoms with Crippen molar-refractivity contribution >= 4 is 34.0 Å². The molecule has 8 rings (SSSR count). The van der Waals surface area contributed by atoms with Crippen LogP contribution in [0.4, 0.5) is 9.59 Å². The van der Waals surface area contributed by atoms with E-state index < -0.39 is 11.2 Å². The molecule has 2 N–H and O–H groups in total. The second-order valence-electron chi connectivity index (χ2n) is 17.1. The van der Waals surface area contributed by atoms with Gasteiger partial charge in [0.1, 0.15) is 35.2 Å². The van der Waals surface area contributed by atoms with E-state index in [9.17, 15) is 9.59 Å². The highest BCUT2D eigenvalue weighted by Gasteiger charge is 2.40. The minimum Gasteiger partial charge on any atom is -0.488 e. The number of hydrogen-bond donors (Lipinski definition) is 2. The van der Waals surface area contributed by atoms with Gasteiger partial charge in [0.2, 0.25) is 0 Å². The lowest BCUT2D eigenvalue weighted by atomic mass is 9.92. The molecule has 4 atom stereocenters. The first-order valence-electron chi connectivity index (χ1n) is 18.9. The van der Waals surface area contributed by atoms with Crippen molar-refractivity contribution in [3.05, 3.63) is 65.9 Å². The highest BCUT2D eigenvalue weighted by Crippen LogP contribution is 2.44. The van der Waals surface area contributed by atoms with Crippen molar-refractivity contribution in [3.8, 4) is 28.1 Å². The molecule has 278 valence electrons. The van der Waals surface area contributed by atoms with Crippen molar-refractivity contribution in [3.63, 3.8) is 0 Å². The number of imidazole rings is 2. The summed E-state index contributed by atoms with van der Waals surface area (Å²) in [6.45, 7) is 17.4.